The molecule has 17 heavy (non-hydrogen) atoms. The fourth-order valence-corrected chi connectivity index (χ4v) is 2.74. The summed E-state index contributed by atoms with van der Waals surface area (Å²) in [6.45, 7) is 0. The van der Waals surface area contributed by atoms with Gasteiger partial charge in [-0.2, -0.15) is 0 Å². The molecule has 0 amide bonds. The fourth-order valence-electron chi connectivity index (χ4n) is 1.77. The second kappa shape index (κ2) is 3.82. The molecular formula is C13H9NO2S. The third-order valence-corrected chi connectivity index (χ3v) is 3.75. The molecule has 0 saturated carbocycles. The molecule has 1 aliphatic heterocycles. The molecule has 4 heteroatoms. The van der Waals surface area contributed by atoms with Gasteiger partial charge in [0.05, 0.1) is 16.9 Å². The molecular weight excluding hydrogens is 234 g/mol. The van der Waals surface area contributed by atoms with Crippen molar-refractivity contribution in [1.29, 1.82) is 0 Å². The Bertz CT molecular complexity index is 610. The maximum Gasteiger partial charge on any atom is 0.335 e. The number of carboxylic acids is 1. The molecule has 0 bridgehead atoms. The lowest BCUT2D eigenvalue weighted by atomic mass is 10.2. The average Bonchev–Trinajstić information content (AvgIpc) is 2.35. The molecule has 2 aromatic carbocycles. The topological polar surface area (TPSA) is 49.3 Å². The molecule has 0 unspecified atom stereocenters. The number of nitrogens with one attached hydrogen (secondary N) is 1. The Morgan fingerprint density at radius 1 is 1.06 bits per heavy atom. The van der Waals surface area contributed by atoms with E-state index in [4.69, 9.17) is 5.11 Å². The third kappa shape index (κ3) is 1.76. The highest BCUT2D eigenvalue weighted by Crippen LogP contribution is 2.43. The average molecular weight is 243 g/mol. The van der Waals surface area contributed by atoms with Crippen LogP contribution in [-0.2, 0) is 0 Å². The Morgan fingerprint density at radius 2 is 1.82 bits per heavy atom. The second-order valence-electron chi connectivity index (χ2n) is 3.74. The van der Waals surface area contributed by atoms with E-state index in [0.29, 0.717) is 5.56 Å². The number of carboxylic acid groups (broad SMARTS) is 1. The van der Waals surface area contributed by atoms with Crippen LogP contribution in [0.25, 0.3) is 0 Å². The fraction of sp³-hybridized carbons (Fsp3) is 0. The van der Waals surface area contributed by atoms with Crippen LogP contribution in [0.1, 0.15) is 10.4 Å². The van der Waals surface area contributed by atoms with Gasteiger partial charge in [0.15, 0.2) is 0 Å². The molecule has 0 radical (unpaired) electrons. The molecule has 0 spiro atoms. The summed E-state index contributed by atoms with van der Waals surface area (Å²) in [6.07, 6.45) is 0. The molecule has 2 aromatic rings. The van der Waals surface area contributed by atoms with Crippen LogP contribution in [0.15, 0.2) is 52.3 Å². The number of hydrogen-bond acceptors (Lipinski definition) is 3. The first-order valence-corrected chi connectivity index (χ1v) is 5.97. The summed E-state index contributed by atoms with van der Waals surface area (Å²) >= 11 is 1.65. The summed E-state index contributed by atoms with van der Waals surface area (Å²) in [5.41, 5.74) is 2.18. The standard InChI is InChI=1S/C13H9NO2S/c15-13(16)8-5-6-12-10(7-8)14-9-3-1-2-4-11(9)17-12/h1-7,14H,(H,15,16). The van der Waals surface area contributed by atoms with Gasteiger partial charge >= 0.3 is 5.97 Å². The first kappa shape index (κ1) is 10.2. The summed E-state index contributed by atoms with van der Waals surface area (Å²) in [5, 5.41) is 12.2. The molecule has 3 rings (SSSR count). The van der Waals surface area contributed by atoms with E-state index >= 15 is 0 Å². The van der Waals surface area contributed by atoms with E-state index in [2.05, 4.69) is 5.32 Å². The van der Waals surface area contributed by atoms with E-state index in [9.17, 15) is 4.79 Å². The Labute approximate surface area is 102 Å². The van der Waals surface area contributed by atoms with E-state index in [-0.39, 0.29) is 0 Å². The number of hydrogen-bond donors (Lipinski definition) is 2. The Hall–Kier alpha value is -1.94. The zero-order chi connectivity index (χ0) is 11.8. The van der Waals surface area contributed by atoms with Crippen LogP contribution < -0.4 is 5.32 Å². The van der Waals surface area contributed by atoms with Crippen LogP contribution in [0.3, 0.4) is 0 Å². The molecule has 0 fully saturated rings. The quantitative estimate of drug-likeness (QED) is 0.685. The SMILES string of the molecule is O=C(O)c1ccc2c(c1)Nc1ccccc1S2. The third-order valence-electron chi connectivity index (χ3n) is 2.60. The van der Waals surface area contributed by atoms with Gasteiger partial charge in [0, 0.05) is 9.79 Å². The summed E-state index contributed by atoms with van der Waals surface area (Å²) in [6, 6.07) is 13.1. The molecule has 1 aliphatic rings. The van der Waals surface area contributed by atoms with Crippen LogP contribution >= 0.6 is 11.8 Å². The second-order valence-corrected chi connectivity index (χ2v) is 4.82. The van der Waals surface area contributed by atoms with E-state index in [1.165, 1.54) is 0 Å². The van der Waals surface area contributed by atoms with Gasteiger partial charge in [-0.3, -0.25) is 0 Å². The predicted molar refractivity (Wildman–Crippen MR) is 67.2 cm³/mol. The summed E-state index contributed by atoms with van der Waals surface area (Å²) in [4.78, 5) is 13.1. The van der Waals surface area contributed by atoms with Crippen LogP contribution in [0.5, 0.6) is 0 Å². The number of aromatic carboxylic acids is 1. The van der Waals surface area contributed by atoms with Crippen molar-refractivity contribution < 1.29 is 9.90 Å². The summed E-state index contributed by atoms with van der Waals surface area (Å²) in [7, 11) is 0. The number of fused-ring (bicyclic) bond motifs is 2. The van der Waals surface area contributed by atoms with Gasteiger partial charge in [-0.1, -0.05) is 23.9 Å². The summed E-state index contributed by atoms with van der Waals surface area (Å²) < 4.78 is 0. The largest absolute Gasteiger partial charge is 0.478 e. The zero-order valence-electron chi connectivity index (χ0n) is 8.81. The monoisotopic (exact) mass is 243 g/mol. The highest BCUT2D eigenvalue weighted by Gasteiger charge is 2.16. The Balaban J connectivity index is 2.06. The Morgan fingerprint density at radius 3 is 2.65 bits per heavy atom. The zero-order valence-corrected chi connectivity index (χ0v) is 9.62. The minimum atomic E-state index is -0.904. The molecule has 1 heterocycles. The van der Waals surface area contributed by atoms with Crippen molar-refractivity contribution in [3.63, 3.8) is 0 Å². The predicted octanol–water partition coefficient (Wildman–Crippen LogP) is 3.59. The van der Waals surface area contributed by atoms with Crippen LogP contribution in [-0.4, -0.2) is 11.1 Å². The van der Waals surface area contributed by atoms with Crippen molar-refractivity contribution >= 4 is 29.1 Å². The van der Waals surface area contributed by atoms with Gasteiger partial charge in [0.25, 0.3) is 0 Å². The van der Waals surface area contributed by atoms with Crippen molar-refractivity contribution in [2.24, 2.45) is 0 Å². The lowest BCUT2D eigenvalue weighted by Crippen LogP contribution is -2.02. The maximum atomic E-state index is 10.9. The molecule has 0 atom stereocenters. The van der Waals surface area contributed by atoms with Crippen molar-refractivity contribution in [3.8, 4) is 0 Å². The van der Waals surface area contributed by atoms with E-state index in [1.54, 1.807) is 23.9 Å². The van der Waals surface area contributed by atoms with Crippen LogP contribution in [0.2, 0.25) is 0 Å². The molecule has 0 aliphatic carbocycles. The van der Waals surface area contributed by atoms with E-state index in [0.717, 1.165) is 21.2 Å². The minimum Gasteiger partial charge on any atom is -0.478 e. The van der Waals surface area contributed by atoms with E-state index < -0.39 is 5.97 Å². The first-order valence-electron chi connectivity index (χ1n) is 5.15. The van der Waals surface area contributed by atoms with Gasteiger partial charge in [-0.25, -0.2) is 4.79 Å². The van der Waals surface area contributed by atoms with Gasteiger partial charge < -0.3 is 10.4 Å². The highest BCUT2D eigenvalue weighted by atomic mass is 32.2. The number of rotatable bonds is 1. The maximum absolute atomic E-state index is 10.9. The molecule has 3 nitrogen and oxygen atoms in total. The van der Waals surface area contributed by atoms with Gasteiger partial charge in [-0.15, -0.1) is 0 Å². The van der Waals surface area contributed by atoms with Crippen molar-refractivity contribution in [2.75, 3.05) is 5.32 Å². The molecule has 0 saturated heterocycles. The molecule has 2 N–H and O–H groups in total. The van der Waals surface area contributed by atoms with Crippen LogP contribution in [0, 0.1) is 0 Å². The van der Waals surface area contributed by atoms with E-state index in [1.807, 2.05) is 30.3 Å². The van der Waals surface area contributed by atoms with Gasteiger partial charge in [0.2, 0.25) is 0 Å². The number of carbonyl (C=O) groups is 1. The van der Waals surface area contributed by atoms with Crippen molar-refractivity contribution in [1.82, 2.24) is 0 Å². The van der Waals surface area contributed by atoms with Crippen molar-refractivity contribution in [3.05, 3.63) is 48.0 Å². The smallest absolute Gasteiger partial charge is 0.335 e. The van der Waals surface area contributed by atoms with Crippen LogP contribution in [0.4, 0.5) is 11.4 Å². The first-order chi connectivity index (χ1) is 8.24. The van der Waals surface area contributed by atoms with Crippen molar-refractivity contribution in [2.45, 2.75) is 9.79 Å². The lowest BCUT2D eigenvalue weighted by Gasteiger charge is -2.20. The van der Waals surface area contributed by atoms with Gasteiger partial charge in [0.1, 0.15) is 0 Å². The Kier molecular flexibility index (Phi) is 2.30. The number of para-hydroxylation sites is 1. The lowest BCUT2D eigenvalue weighted by molar-refractivity contribution is 0.0697. The normalized spacial score (nSPS) is 12.2. The highest BCUT2D eigenvalue weighted by molar-refractivity contribution is 7.99. The molecule has 0 aromatic heterocycles. The van der Waals surface area contributed by atoms with Gasteiger partial charge in [-0.05, 0) is 30.3 Å². The molecule has 84 valence electrons. The number of benzene rings is 2. The summed E-state index contributed by atoms with van der Waals surface area (Å²) in [5.74, 6) is -0.904. The minimum absolute atomic E-state index is 0.302. The number of anilines is 2.